The summed E-state index contributed by atoms with van der Waals surface area (Å²) in [6, 6.07) is 0. The summed E-state index contributed by atoms with van der Waals surface area (Å²) >= 11 is 0. The van der Waals surface area contributed by atoms with E-state index in [-0.39, 0.29) is 57.9 Å². The molecule has 1 N–H and O–H groups in total. The quantitative estimate of drug-likeness (QED) is 0.155. The topological polar surface area (TPSA) is 156 Å². The van der Waals surface area contributed by atoms with Crippen molar-refractivity contribution in [2.24, 2.45) is 50.7 Å². The van der Waals surface area contributed by atoms with Crippen molar-refractivity contribution >= 4 is 23.9 Å². The molecule has 7 aliphatic rings. The van der Waals surface area contributed by atoms with Gasteiger partial charge in [0.15, 0.2) is 24.6 Å². The maximum absolute atomic E-state index is 12.6. The van der Waals surface area contributed by atoms with Gasteiger partial charge in [0.25, 0.3) is 0 Å². The molecule has 56 heavy (non-hydrogen) atoms. The number of aliphatic hydroxyl groups is 1. The van der Waals surface area contributed by atoms with E-state index in [4.69, 9.17) is 33.2 Å². The largest absolute Gasteiger partial charge is 0.463 e. The second-order valence-corrected chi connectivity index (χ2v) is 20.5. The number of hydrogen-bond donors (Lipinski definition) is 1. The Hall–Kier alpha value is -2.28. The van der Waals surface area contributed by atoms with Gasteiger partial charge < -0.3 is 38.3 Å². The molecule has 2 heterocycles. The van der Waals surface area contributed by atoms with Crippen LogP contribution in [0.25, 0.3) is 0 Å². The first-order chi connectivity index (χ1) is 26.0. The van der Waals surface area contributed by atoms with Crippen LogP contribution in [0.5, 0.6) is 0 Å². The van der Waals surface area contributed by atoms with E-state index in [1.54, 1.807) is 0 Å². The molecule has 7 rings (SSSR count). The average molecular weight is 789 g/mol. The van der Waals surface area contributed by atoms with Gasteiger partial charge in [-0.2, -0.15) is 0 Å². The van der Waals surface area contributed by atoms with E-state index in [0.29, 0.717) is 17.8 Å². The smallest absolute Gasteiger partial charge is 0.303 e. The van der Waals surface area contributed by atoms with Crippen molar-refractivity contribution in [1.29, 1.82) is 0 Å². The molecule has 2 aliphatic heterocycles. The first-order valence-electron chi connectivity index (χ1n) is 21.4. The van der Waals surface area contributed by atoms with E-state index in [1.807, 2.05) is 0 Å². The summed E-state index contributed by atoms with van der Waals surface area (Å²) in [6.07, 6.45) is 3.78. The van der Waals surface area contributed by atoms with Gasteiger partial charge in [0.05, 0.1) is 12.7 Å². The number of epoxide rings is 1. The molecule has 0 aromatic rings. The lowest BCUT2D eigenvalue weighted by Crippen LogP contribution is -2.69. The molecule has 5 aliphatic carbocycles. The van der Waals surface area contributed by atoms with Crippen molar-refractivity contribution in [2.75, 3.05) is 13.2 Å². The van der Waals surface area contributed by atoms with Gasteiger partial charge in [-0.05, 0) is 110 Å². The Kier molecular flexibility index (Phi) is 10.4. The fourth-order valence-electron chi connectivity index (χ4n) is 14.9. The first kappa shape index (κ1) is 41.9. The summed E-state index contributed by atoms with van der Waals surface area (Å²) in [5.41, 5.74) is -0.915. The minimum Gasteiger partial charge on any atom is -0.463 e. The molecule has 316 valence electrons. The van der Waals surface area contributed by atoms with Crippen LogP contribution >= 0.6 is 0 Å². The Labute approximate surface area is 333 Å². The second-order valence-electron chi connectivity index (χ2n) is 20.5. The molecule has 2 saturated heterocycles. The lowest BCUT2D eigenvalue weighted by atomic mass is 9.32. The number of hydrogen-bond acceptors (Lipinski definition) is 12. The Bertz CT molecular complexity index is 1590. The highest BCUT2D eigenvalue weighted by Crippen LogP contribution is 2.85. The number of esters is 4. The molecule has 0 aromatic heterocycles. The first-order valence-corrected chi connectivity index (χ1v) is 21.4. The minimum atomic E-state index is -1.28. The van der Waals surface area contributed by atoms with Crippen molar-refractivity contribution < 1.29 is 57.4 Å². The molecule has 12 nitrogen and oxygen atoms in total. The zero-order valence-electron chi connectivity index (χ0n) is 35.7. The van der Waals surface area contributed by atoms with Crippen molar-refractivity contribution in [3.05, 3.63) is 0 Å². The summed E-state index contributed by atoms with van der Waals surface area (Å²) < 4.78 is 43.1. The molecule has 12 heteroatoms. The molecular formula is C44H68O12. The van der Waals surface area contributed by atoms with Crippen LogP contribution in [0.4, 0.5) is 0 Å². The number of carbonyl (C=O) groups is 4. The van der Waals surface area contributed by atoms with Gasteiger partial charge in [-0.1, -0.05) is 48.5 Å². The maximum Gasteiger partial charge on any atom is 0.303 e. The summed E-state index contributed by atoms with van der Waals surface area (Å²) in [5.74, 6) is -0.950. The SMILES string of the molecule is CC(=O)OC[C@H]1O[C@@H](OC[C@]23CC[C@]4(C(C)C)O[C@]24[C@H]2CC[C@@H]4[C@@]5(C)CC[C@H](O)C(C)(C)[C@@H]5CC[C@@]4(C)[C@]2(C)CC3)[C@H](OC(C)=O)[C@@H](OC(C)=O)[C@@H]1OC(C)=O. The zero-order chi connectivity index (χ0) is 41.0. The molecular weight excluding hydrogens is 720 g/mol. The molecule has 0 unspecified atom stereocenters. The Morgan fingerprint density at radius 1 is 0.679 bits per heavy atom. The van der Waals surface area contributed by atoms with Crippen LogP contribution in [-0.4, -0.2) is 90.2 Å². The van der Waals surface area contributed by atoms with Gasteiger partial charge in [0.1, 0.15) is 23.9 Å². The third-order valence-corrected chi connectivity index (χ3v) is 17.6. The molecule has 0 radical (unpaired) electrons. The molecule has 1 spiro atoms. The van der Waals surface area contributed by atoms with E-state index >= 15 is 0 Å². The standard InChI is InChI=1S/C44H68O12/c1-24(2)43-21-20-42(23-51-37-36(54-28(6)48)35(53-27(5)47)34(52-26(4)46)29(55-37)22-50-25(3)45)19-18-41(11)32(44(42,43)56-43)13-12-31-39(9)16-15-33(49)38(7,8)30(39)14-17-40(31,41)10/h24,29-37,49H,12-23H2,1-11H3/t29-,30+,31-,32+,33+,34-,35+,36-,37-,39+,40-,41-,42+,43-,44-/m1/s1. The predicted octanol–water partition coefficient (Wildman–Crippen LogP) is 6.46. The molecule has 0 bridgehead atoms. The van der Waals surface area contributed by atoms with Crippen molar-refractivity contribution in [2.45, 2.75) is 188 Å². The third-order valence-electron chi connectivity index (χ3n) is 17.6. The van der Waals surface area contributed by atoms with E-state index < -0.39 is 60.2 Å². The molecule has 15 atom stereocenters. The average Bonchev–Trinajstić information content (AvgIpc) is 3.70. The Morgan fingerprint density at radius 3 is 1.88 bits per heavy atom. The number of aliphatic hydroxyl groups excluding tert-OH is 1. The second kappa shape index (κ2) is 13.9. The third kappa shape index (κ3) is 5.86. The zero-order valence-corrected chi connectivity index (χ0v) is 35.7. The lowest BCUT2D eigenvalue weighted by molar-refractivity contribution is -0.318. The minimum absolute atomic E-state index is 0.0169. The van der Waals surface area contributed by atoms with Gasteiger partial charge >= 0.3 is 23.9 Å². The highest BCUT2D eigenvalue weighted by Gasteiger charge is 2.89. The Morgan fingerprint density at radius 2 is 1.27 bits per heavy atom. The van der Waals surface area contributed by atoms with E-state index in [2.05, 4.69) is 48.5 Å². The van der Waals surface area contributed by atoms with Crippen LogP contribution in [0.15, 0.2) is 0 Å². The predicted molar refractivity (Wildman–Crippen MR) is 202 cm³/mol. The molecule has 0 aromatic carbocycles. The number of fused-ring (bicyclic) bond motifs is 5. The maximum atomic E-state index is 12.6. The van der Waals surface area contributed by atoms with Crippen molar-refractivity contribution in [3.63, 3.8) is 0 Å². The van der Waals surface area contributed by atoms with Crippen LogP contribution in [0.1, 0.15) is 140 Å². The van der Waals surface area contributed by atoms with Crippen molar-refractivity contribution in [3.8, 4) is 0 Å². The molecule has 7 fully saturated rings. The van der Waals surface area contributed by atoms with Crippen LogP contribution in [0.2, 0.25) is 0 Å². The van der Waals surface area contributed by atoms with Crippen LogP contribution in [0, 0.1) is 50.7 Å². The Balaban J connectivity index is 1.22. The van der Waals surface area contributed by atoms with E-state index in [9.17, 15) is 24.3 Å². The monoisotopic (exact) mass is 788 g/mol. The normalized spacial score (nSPS) is 48.6. The fraction of sp³-hybridized carbons (Fsp3) is 0.909. The van der Waals surface area contributed by atoms with Crippen LogP contribution in [-0.2, 0) is 52.3 Å². The van der Waals surface area contributed by atoms with Gasteiger partial charge in [-0.25, -0.2) is 0 Å². The summed E-state index contributed by atoms with van der Waals surface area (Å²) in [4.78, 5) is 49.3. The fourth-order valence-corrected chi connectivity index (χ4v) is 14.9. The number of carbonyl (C=O) groups excluding carboxylic acids is 4. The van der Waals surface area contributed by atoms with E-state index in [1.165, 1.54) is 27.7 Å². The van der Waals surface area contributed by atoms with Crippen LogP contribution < -0.4 is 0 Å². The highest BCUT2D eigenvalue weighted by molar-refractivity contribution is 5.68. The highest BCUT2D eigenvalue weighted by atomic mass is 16.7. The molecule has 0 amide bonds. The molecule has 5 saturated carbocycles. The van der Waals surface area contributed by atoms with Gasteiger partial charge in [0.2, 0.25) is 0 Å². The number of rotatable bonds is 9. The summed E-state index contributed by atoms with van der Waals surface area (Å²) in [5, 5.41) is 11.2. The van der Waals surface area contributed by atoms with Gasteiger partial charge in [-0.3, -0.25) is 19.2 Å². The van der Waals surface area contributed by atoms with Gasteiger partial charge in [-0.15, -0.1) is 0 Å². The lowest BCUT2D eigenvalue weighted by Gasteiger charge is -2.72. The van der Waals surface area contributed by atoms with E-state index in [0.717, 1.165) is 64.2 Å². The number of ether oxygens (including phenoxy) is 7. The summed E-state index contributed by atoms with van der Waals surface area (Å²) in [7, 11) is 0. The summed E-state index contributed by atoms with van der Waals surface area (Å²) in [6.45, 7) is 21.8. The van der Waals surface area contributed by atoms with Crippen molar-refractivity contribution in [1.82, 2.24) is 0 Å². The van der Waals surface area contributed by atoms with Gasteiger partial charge in [0, 0.05) is 33.1 Å². The van der Waals surface area contributed by atoms with Crippen LogP contribution in [0.3, 0.4) is 0 Å².